The molecule has 7 heteroatoms. The number of aromatic nitrogens is 1. The maximum Gasteiger partial charge on any atom is 0.250 e. The van der Waals surface area contributed by atoms with E-state index < -0.39 is 5.54 Å². The lowest BCUT2D eigenvalue weighted by molar-refractivity contribution is -0.145. The van der Waals surface area contributed by atoms with Crippen LogP contribution in [-0.2, 0) is 22.6 Å². The summed E-state index contributed by atoms with van der Waals surface area (Å²) in [4.78, 5) is 33.7. The van der Waals surface area contributed by atoms with Crippen LogP contribution >= 0.6 is 0 Å². The minimum Gasteiger partial charge on any atom is -0.497 e. The monoisotopic (exact) mass is 473 g/mol. The first-order valence-electron chi connectivity index (χ1n) is 11.8. The maximum atomic E-state index is 13.9. The van der Waals surface area contributed by atoms with Crippen LogP contribution in [0.15, 0.2) is 73.1 Å². The van der Waals surface area contributed by atoms with E-state index in [2.05, 4.69) is 10.3 Å². The molecule has 1 saturated carbocycles. The highest BCUT2D eigenvalue weighted by Crippen LogP contribution is 2.39. The number of amides is 2. The normalized spacial score (nSPS) is 14.2. The van der Waals surface area contributed by atoms with Crippen molar-refractivity contribution in [3.63, 3.8) is 0 Å². The zero-order valence-corrected chi connectivity index (χ0v) is 20.2. The van der Waals surface area contributed by atoms with Crippen molar-refractivity contribution in [3.8, 4) is 11.5 Å². The lowest BCUT2D eigenvalue weighted by Gasteiger charge is -2.40. The minimum absolute atomic E-state index is 0.0844. The van der Waals surface area contributed by atoms with Gasteiger partial charge in [-0.1, -0.05) is 49.2 Å². The molecule has 2 aromatic carbocycles. The molecule has 0 spiro atoms. The molecule has 0 aliphatic heterocycles. The number of carbonyl (C=O) groups excluding carboxylic acids is 2. The molecule has 0 radical (unpaired) electrons. The fraction of sp³-hybridized carbons (Fsp3) is 0.321. The van der Waals surface area contributed by atoms with Crippen molar-refractivity contribution in [1.29, 1.82) is 0 Å². The van der Waals surface area contributed by atoms with Gasteiger partial charge < -0.3 is 19.7 Å². The lowest BCUT2D eigenvalue weighted by atomic mass is 9.91. The molecule has 182 valence electrons. The molecule has 2 amide bonds. The minimum atomic E-state index is -0.966. The van der Waals surface area contributed by atoms with Gasteiger partial charge in [-0.2, -0.15) is 0 Å². The van der Waals surface area contributed by atoms with E-state index in [9.17, 15) is 9.59 Å². The smallest absolute Gasteiger partial charge is 0.250 e. The van der Waals surface area contributed by atoms with Gasteiger partial charge in [-0.3, -0.25) is 14.6 Å². The highest BCUT2D eigenvalue weighted by Gasteiger charge is 2.48. The van der Waals surface area contributed by atoms with E-state index in [0.29, 0.717) is 36.6 Å². The second-order valence-corrected chi connectivity index (χ2v) is 8.76. The van der Waals surface area contributed by atoms with E-state index in [1.807, 2.05) is 42.5 Å². The third-order valence-electron chi connectivity index (χ3n) is 6.59. The van der Waals surface area contributed by atoms with Crippen LogP contribution in [0.25, 0.3) is 0 Å². The Labute approximate surface area is 206 Å². The summed E-state index contributed by atoms with van der Waals surface area (Å²) in [6.07, 6.45) is 6.60. The van der Waals surface area contributed by atoms with Crippen molar-refractivity contribution in [1.82, 2.24) is 9.88 Å². The molecule has 1 N–H and O–H groups in total. The Hall–Kier alpha value is -3.87. The van der Waals surface area contributed by atoms with Crippen molar-refractivity contribution < 1.29 is 19.1 Å². The van der Waals surface area contributed by atoms with Crippen molar-refractivity contribution in [2.24, 2.45) is 0 Å². The Balaban J connectivity index is 1.67. The summed E-state index contributed by atoms with van der Waals surface area (Å²) >= 11 is 0. The second-order valence-electron chi connectivity index (χ2n) is 8.76. The molecule has 1 aromatic heterocycles. The van der Waals surface area contributed by atoms with Gasteiger partial charge in [0.05, 0.1) is 26.3 Å². The number of rotatable bonds is 9. The van der Waals surface area contributed by atoms with Crippen LogP contribution in [0.3, 0.4) is 0 Å². The van der Waals surface area contributed by atoms with Gasteiger partial charge >= 0.3 is 0 Å². The Bertz CT molecular complexity index is 1150. The zero-order valence-electron chi connectivity index (χ0n) is 20.2. The molecule has 0 saturated heterocycles. The largest absolute Gasteiger partial charge is 0.497 e. The molecule has 0 unspecified atom stereocenters. The van der Waals surface area contributed by atoms with Gasteiger partial charge in [0.15, 0.2) is 0 Å². The number of carbonyl (C=O) groups is 2. The summed E-state index contributed by atoms with van der Waals surface area (Å²) in [6.45, 7) is 0.312. The number of anilines is 1. The average Bonchev–Trinajstić information content (AvgIpc) is 3.39. The molecule has 1 fully saturated rings. The molecule has 4 rings (SSSR count). The first-order valence-corrected chi connectivity index (χ1v) is 11.8. The molecule has 3 aromatic rings. The Morgan fingerprint density at radius 3 is 2.37 bits per heavy atom. The number of hydrogen-bond acceptors (Lipinski definition) is 5. The fourth-order valence-electron chi connectivity index (χ4n) is 4.74. The molecule has 1 aliphatic carbocycles. The van der Waals surface area contributed by atoms with Gasteiger partial charge in [0.2, 0.25) is 11.8 Å². The lowest BCUT2D eigenvalue weighted by Crippen LogP contribution is -2.57. The summed E-state index contributed by atoms with van der Waals surface area (Å²) in [7, 11) is 3.13. The van der Waals surface area contributed by atoms with Gasteiger partial charge in [0, 0.05) is 25.0 Å². The highest BCUT2D eigenvalue weighted by atomic mass is 16.5. The second kappa shape index (κ2) is 11.0. The first kappa shape index (κ1) is 24.3. The third-order valence-corrected chi connectivity index (χ3v) is 6.59. The zero-order chi connectivity index (χ0) is 24.7. The predicted octanol–water partition coefficient (Wildman–Crippen LogP) is 4.62. The number of pyridine rings is 1. The van der Waals surface area contributed by atoms with Crippen molar-refractivity contribution in [2.45, 2.75) is 44.2 Å². The standard InChI is InChI=1S/C28H31N3O4/c1-34-23-12-13-24(25(18-23)35-2)30-27(33)28(14-6-7-15-28)31(20-22-11-8-16-29-19-22)26(32)17-21-9-4-3-5-10-21/h3-5,8-13,16,18-19H,6-7,14-15,17,20H2,1-2H3,(H,30,33). The fourth-order valence-corrected chi connectivity index (χ4v) is 4.74. The molecule has 1 heterocycles. The Morgan fingerprint density at radius 2 is 1.71 bits per heavy atom. The maximum absolute atomic E-state index is 13.9. The predicted molar refractivity (Wildman–Crippen MR) is 134 cm³/mol. The topological polar surface area (TPSA) is 80.8 Å². The van der Waals surface area contributed by atoms with Gasteiger partial charge in [-0.05, 0) is 42.2 Å². The molecule has 1 aliphatic rings. The average molecular weight is 474 g/mol. The number of benzene rings is 2. The Kier molecular flexibility index (Phi) is 7.65. The summed E-state index contributed by atoms with van der Waals surface area (Å²) in [5.74, 6) is 0.842. The van der Waals surface area contributed by atoms with E-state index in [1.54, 1.807) is 49.7 Å². The van der Waals surface area contributed by atoms with Crippen LogP contribution in [0.4, 0.5) is 5.69 Å². The SMILES string of the molecule is COc1ccc(NC(=O)C2(N(Cc3cccnc3)C(=O)Cc3ccccc3)CCCC2)c(OC)c1. The summed E-state index contributed by atoms with van der Waals surface area (Å²) in [6, 6.07) is 18.7. The first-order chi connectivity index (χ1) is 17.1. The van der Waals surface area contributed by atoms with E-state index in [0.717, 1.165) is 24.0 Å². The van der Waals surface area contributed by atoms with E-state index >= 15 is 0 Å². The van der Waals surface area contributed by atoms with Crippen molar-refractivity contribution in [2.75, 3.05) is 19.5 Å². The van der Waals surface area contributed by atoms with Crippen LogP contribution in [0.2, 0.25) is 0 Å². The third kappa shape index (κ3) is 5.45. The van der Waals surface area contributed by atoms with Gasteiger partial charge in [0.25, 0.3) is 0 Å². The molecular formula is C28H31N3O4. The summed E-state index contributed by atoms with van der Waals surface area (Å²) in [5.41, 5.74) is 1.38. The van der Waals surface area contributed by atoms with E-state index in [-0.39, 0.29) is 18.2 Å². The molecule has 7 nitrogen and oxygen atoms in total. The summed E-state index contributed by atoms with van der Waals surface area (Å²) < 4.78 is 10.8. The number of nitrogens with one attached hydrogen (secondary N) is 1. The number of ether oxygens (including phenoxy) is 2. The van der Waals surface area contributed by atoms with E-state index in [4.69, 9.17) is 9.47 Å². The van der Waals surface area contributed by atoms with Gasteiger partial charge in [0.1, 0.15) is 17.0 Å². The van der Waals surface area contributed by atoms with Crippen LogP contribution in [0.5, 0.6) is 11.5 Å². The quantitative estimate of drug-likeness (QED) is 0.490. The van der Waals surface area contributed by atoms with Crippen LogP contribution in [0.1, 0.15) is 36.8 Å². The van der Waals surface area contributed by atoms with Crippen molar-refractivity contribution in [3.05, 3.63) is 84.2 Å². The number of methoxy groups -OCH3 is 2. The van der Waals surface area contributed by atoms with Crippen LogP contribution < -0.4 is 14.8 Å². The summed E-state index contributed by atoms with van der Waals surface area (Å²) in [5, 5.41) is 3.05. The van der Waals surface area contributed by atoms with Crippen molar-refractivity contribution >= 4 is 17.5 Å². The Morgan fingerprint density at radius 1 is 0.971 bits per heavy atom. The number of hydrogen-bond donors (Lipinski definition) is 1. The van der Waals surface area contributed by atoms with Crippen LogP contribution in [0, 0.1) is 0 Å². The highest BCUT2D eigenvalue weighted by molar-refractivity contribution is 6.02. The van der Waals surface area contributed by atoms with Gasteiger partial charge in [-0.25, -0.2) is 0 Å². The van der Waals surface area contributed by atoms with Gasteiger partial charge in [-0.15, -0.1) is 0 Å². The number of nitrogens with zero attached hydrogens (tertiary/aromatic N) is 2. The molecule has 0 bridgehead atoms. The molecule has 0 atom stereocenters. The molecule has 35 heavy (non-hydrogen) atoms. The van der Waals surface area contributed by atoms with Crippen LogP contribution in [-0.4, -0.2) is 41.5 Å². The molecular weight excluding hydrogens is 442 g/mol. The van der Waals surface area contributed by atoms with E-state index in [1.165, 1.54) is 0 Å².